The molecule has 1 aromatic heterocycles. The fraction of sp³-hybridized carbons (Fsp3) is 0.231. The average molecular weight is 307 g/mol. The minimum Gasteiger partial charge on any atom is -0.368 e. The van der Waals surface area contributed by atoms with Crippen LogP contribution in [0, 0.1) is 0 Å². The number of nitrogen functional groups attached to an aromatic ring is 1. The molecule has 2 N–H and O–H groups in total. The second kappa shape index (κ2) is 5.82. The fourth-order valence-corrected chi connectivity index (χ4v) is 2.18. The summed E-state index contributed by atoms with van der Waals surface area (Å²) in [6, 6.07) is 10.4. The summed E-state index contributed by atoms with van der Waals surface area (Å²) in [7, 11) is 2.00. The van der Waals surface area contributed by atoms with Crippen LogP contribution in [0.5, 0.6) is 0 Å². The van der Waals surface area contributed by atoms with Crippen LogP contribution in [0.3, 0.4) is 0 Å². The van der Waals surface area contributed by atoms with Crippen molar-refractivity contribution in [2.24, 2.45) is 0 Å². The van der Waals surface area contributed by atoms with Crippen molar-refractivity contribution in [2.75, 3.05) is 24.2 Å². The lowest BCUT2D eigenvalue weighted by Gasteiger charge is -2.19. The van der Waals surface area contributed by atoms with Crippen LogP contribution < -0.4 is 10.6 Å². The van der Waals surface area contributed by atoms with Crippen molar-refractivity contribution in [1.29, 1.82) is 0 Å². The van der Waals surface area contributed by atoms with Crippen molar-refractivity contribution in [1.82, 2.24) is 9.97 Å². The fourth-order valence-electron chi connectivity index (χ4n) is 1.69. The van der Waals surface area contributed by atoms with Crippen LogP contribution in [0.25, 0.3) is 0 Å². The van der Waals surface area contributed by atoms with Gasteiger partial charge in [0.05, 0.1) is 4.47 Å². The Labute approximate surface area is 115 Å². The van der Waals surface area contributed by atoms with Gasteiger partial charge >= 0.3 is 0 Å². The maximum Gasteiger partial charge on any atom is 0.222 e. The lowest BCUT2D eigenvalue weighted by molar-refractivity contribution is 0.854. The molecule has 0 aliphatic rings. The number of aromatic nitrogens is 2. The van der Waals surface area contributed by atoms with E-state index in [1.165, 1.54) is 5.56 Å². The van der Waals surface area contributed by atoms with Crippen LogP contribution in [0.1, 0.15) is 5.56 Å². The number of nitrogens with two attached hydrogens (primary N) is 1. The summed E-state index contributed by atoms with van der Waals surface area (Å²) in [6.45, 7) is 0.874. The van der Waals surface area contributed by atoms with Gasteiger partial charge in [0, 0.05) is 19.8 Å². The molecule has 0 radical (unpaired) electrons. The minimum absolute atomic E-state index is 0.291. The smallest absolute Gasteiger partial charge is 0.222 e. The SMILES string of the molecule is CN(CCc1ccccc1)c1nc(N)ncc1Br. The molecule has 1 heterocycles. The zero-order chi connectivity index (χ0) is 13.0. The molecular formula is C13H15BrN4. The molecule has 0 amide bonds. The molecule has 0 aliphatic carbocycles. The third kappa shape index (κ3) is 3.20. The highest BCUT2D eigenvalue weighted by Gasteiger charge is 2.08. The number of halogens is 1. The summed E-state index contributed by atoms with van der Waals surface area (Å²) in [4.78, 5) is 10.2. The van der Waals surface area contributed by atoms with Gasteiger partial charge in [-0.3, -0.25) is 0 Å². The van der Waals surface area contributed by atoms with Gasteiger partial charge in [-0.25, -0.2) is 4.98 Å². The zero-order valence-electron chi connectivity index (χ0n) is 10.2. The molecule has 94 valence electrons. The monoisotopic (exact) mass is 306 g/mol. The largest absolute Gasteiger partial charge is 0.368 e. The number of nitrogens with zero attached hydrogens (tertiary/aromatic N) is 3. The maximum absolute atomic E-state index is 5.60. The highest BCUT2D eigenvalue weighted by Crippen LogP contribution is 2.22. The minimum atomic E-state index is 0.291. The van der Waals surface area contributed by atoms with Crippen LogP contribution in [0.4, 0.5) is 11.8 Å². The van der Waals surface area contributed by atoms with Gasteiger partial charge in [0.1, 0.15) is 5.82 Å². The Balaban J connectivity index is 2.03. The molecule has 0 unspecified atom stereocenters. The molecular weight excluding hydrogens is 292 g/mol. The standard InChI is InChI=1S/C13H15BrN4/c1-18(8-7-10-5-3-2-4-6-10)12-11(14)9-16-13(15)17-12/h2-6,9H,7-8H2,1H3,(H2,15,16,17). The van der Waals surface area contributed by atoms with E-state index in [9.17, 15) is 0 Å². The Bertz CT molecular complexity index is 516. The first-order chi connectivity index (χ1) is 8.66. The molecule has 2 rings (SSSR count). The van der Waals surface area contributed by atoms with Crippen LogP contribution in [0.2, 0.25) is 0 Å². The topological polar surface area (TPSA) is 55.0 Å². The number of anilines is 2. The molecule has 0 aliphatic heterocycles. The summed E-state index contributed by atoms with van der Waals surface area (Å²) < 4.78 is 0.854. The molecule has 4 nitrogen and oxygen atoms in total. The molecule has 0 fully saturated rings. The van der Waals surface area contributed by atoms with Crippen molar-refractivity contribution in [3.63, 3.8) is 0 Å². The van der Waals surface area contributed by atoms with Crippen LogP contribution in [-0.2, 0) is 6.42 Å². The Hall–Kier alpha value is -1.62. The van der Waals surface area contributed by atoms with Crippen molar-refractivity contribution in [3.05, 3.63) is 46.6 Å². The summed E-state index contributed by atoms with van der Waals surface area (Å²) in [5.74, 6) is 1.11. The van der Waals surface area contributed by atoms with E-state index in [0.717, 1.165) is 23.3 Å². The molecule has 0 atom stereocenters. The predicted molar refractivity (Wildman–Crippen MR) is 77.6 cm³/mol. The molecule has 0 spiro atoms. The third-order valence-corrected chi connectivity index (χ3v) is 3.24. The van der Waals surface area contributed by atoms with E-state index in [4.69, 9.17) is 5.73 Å². The van der Waals surface area contributed by atoms with Gasteiger partial charge in [-0.05, 0) is 27.9 Å². The summed E-state index contributed by atoms with van der Waals surface area (Å²) in [5, 5.41) is 0. The molecule has 0 saturated carbocycles. The van der Waals surface area contributed by atoms with E-state index >= 15 is 0 Å². The van der Waals surface area contributed by atoms with E-state index in [1.54, 1.807) is 6.20 Å². The normalized spacial score (nSPS) is 10.3. The first-order valence-electron chi connectivity index (χ1n) is 5.70. The Morgan fingerprint density at radius 3 is 2.72 bits per heavy atom. The van der Waals surface area contributed by atoms with Crippen LogP contribution in [-0.4, -0.2) is 23.6 Å². The van der Waals surface area contributed by atoms with Gasteiger partial charge in [-0.2, -0.15) is 4.98 Å². The lowest BCUT2D eigenvalue weighted by atomic mass is 10.1. The first-order valence-corrected chi connectivity index (χ1v) is 6.49. The molecule has 0 bridgehead atoms. The number of rotatable bonds is 4. The number of likely N-dealkylation sites (N-methyl/N-ethyl adjacent to an activating group) is 1. The van der Waals surface area contributed by atoms with Crippen LogP contribution >= 0.6 is 15.9 Å². The van der Waals surface area contributed by atoms with Crippen LogP contribution in [0.15, 0.2) is 41.0 Å². The molecule has 2 aromatic rings. The summed E-state index contributed by atoms with van der Waals surface area (Å²) in [6.07, 6.45) is 2.64. The van der Waals surface area contributed by atoms with Gasteiger partial charge in [0.2, 0.25) is 5.95 Å². The van der Waals surface area contributed by atoms with Gasteiger partial charge < -0.3 is 10.6 Å². The van der Waals surface area contributed by atoms with Gasteiger partial charge in [-0.1, -0.05) is 30.3 Å². The van der Waals surface area contributed by atoms with Crippen molar-refractivity contribution in [2.45, 2.75) is 6.42 Å². The lowest BCUT2D eigenvalue weighted by Crippen LogP contribution is -2.22. The Morgan fingerprint density at radius 2 is 2.00 bits per heavy atom. The van der Waals surface area contributed by atoms with Crippen molar-refractivity contribution in [3.8, 4) is 0 Å². The van der Waals surface area contributed by atoms with Gasteiger partial charge in [0.25, 0.3) is 0 Å². The molecule has 0 saturated heterocycles. The van der Waals surface area contributed by atoms with E-state index < -0.39 is 0 Å². The van der Waals surface area contributed by atoms with Crippen molar-refractivity contribution < 1.29 is 0 Å². The summed E-state index contributed by atoms with van der Waals surface area (Å²) >= 11 is 3.44. The highest BCUT2D eigenvalue weighted by molar-refractivity contribution is 9.10. The second-order valence-corrected chi connectivity index (χ2v) is 4.91. The highest BCUT2D eigenvalue weighted by atomic mass is 79.9. The maximum atomic E-state index is 5.60. The average Bonchev–Trinajstić information content (AvgIpc) is 2.40. The third-order valence-electron chi connectivity index (χ3n) is 2.68. The zero-order valence-corrected chi connectivity index (χ0v) is 11.8. The molecule has 1 aromatic carbocycles. The predicted octanol–water partition coefficient (Wildman–Crippen LogP) is 2.50. The Kier molecular flexibility index (Phi) is 4.15. The van der Waals surface area contributed by atoms with Crippen molar-refractivity contribution >= 4 is 27.7 Å². The van der Waals surface area contributed by atoms with E-state index in [1.807, 2.05) is 25.2 Å². The van der Waals surface area contributed by atoms with Gasteiger partial charge in [-0.15, -0.1) is 0 Å². The second-order valence-electron chi connectivity index (χ2n) is 4.06. The van der Waals surface area contributed by atoms with E-state index in [-0.39, 0.29) is 0 Å². The van der Waals surface area contributed by atoms with Gasteiger partial charge in [0.15, 0.2) is 0 Å². The molecule has 18 heavy (non-hydrogen) atoms. The summed E-state index contributed by atoms with van der Waals surface area (Å²) in [5.41, 5.74) is 6.91. The number of hydrogen-bond donors (Lipinski definition) is 1. The number of benzene rings is 1. The van der Waals surface area contributed by atoms with E-state index in [0.29, 0.717) is 5.95 Å². The van der Waals surface area contributed by atoms with E-state index in [2.05, 4.69) is 42.9 Å². The number of hydrogen-bond acceptors (Lipinski definition) is 4. The molecule has 5 heteroatoms. The Morgan fingerprint density at radius 1 is 1.28 bits per heavy atom. The quantitative estimate of drug-likeness (QED) is 0.943. The first kappa shape index (κ1) is 12.8.